The van der Waals surface area contributed by atoms with E-state index in [1.54, 1.807) is 18.2 Å². The number of fused-ring (bicyclic) bond motifs is 1. The first-order valence-corrected chi connectivity index (χ1v) is 7.05. The van der Waals surface area contributed by atoms with Gasteiger partial charge < -0.3 is 29.9 Å². The largest absolute Gasteiger partial charge is 0.479 e. The summed E-state index contributed by atoms with van der Waals surface area (Å²) >= 11 is 0. The Balaban J connectivity index is 0.00000208. The van der Waals surface area contributed by atoms with Crippen molar-refractivity contribution >= 4 is 46.3 Å². The maximum atomic E-state index is 11.1. The molecule has 7 nitrogen and oxygen atoms in total. The summed E-state index contributed by atoms with van der Waals surface area (Å²) < 4.78 is 10.5. The summed E-state index contributed by atoms with van der Waals surface area (Å²) in [6.45, 7) is 0. The molecule has 3 rings (SSSR count). The first-order valence-electron chi connectivity index (χ1n) is 7.05. The maximum absolute atomic E-state index is 11.1. The first kappa shape index (κ1) is 19.1. The Kier molecular flexibility index (Phi) is 6.22. The Morgan fingerprint density at radius 1 is 0.958 bits per heavy atom. The van der Waals surface area contributed by atoms with E-state index in [4.69, 9.17) is 14.6 Å². The van der Waals surface area contributed by atoms with Gasteiger partial charge in [0, 0.05) is 29.6 Å². The number of carboxylic acids is 1. The second kappa shape index (κ2) is 7.79. The van der Waals surface area contributed by atoms with Crippen LogP contribution in [0.2, 0.25) is 0 Å². The number of hydrogen-bond donors (Lipinski definition) is 4. The van der Waals surface area contributed by atoms with Crippen LogP contribution in [0.4, 0.5) is 0 Å². The number of aliphatic hydroxyl groups excluding tert-OH is 3. The third-order valence-electron chi connectivity index (χ3n) is 3.79. The summed E-state index contributed by atoms with van der Waals surface area (Å²) in [4.78, 5) is 11.1. The number of ether oxygens (including phenoxy) is 2. The van der Waals surface area contributed by atoms with Crippen LogP contribution in [0.1, 0.15) is 0 Å². The molecule has 0 amide bonds. The molecular weight excluding hydrogens is 327 g/mol. The van der Waals surface area contributed by atoms with Crippen molar-refractivity contribution in [2.75, 3.05) is 0 Å². The molecule has 24 heavy (non-hydrogen) atoms. The SMILES string of the molecule is O=C(O)[C@H]1O[C@@H](Oc2ccc3ccccc3c2)[C@H](O)[C@@H](O)[C@@H]1O.[Na]. The Morgan fingerprint density at radius 2 is 1.62 bits per heavy atom. The molecule has 0 unspecified atom stereocenters. The molecule has 1 aliphatic rings. The number of rotatable bonds is 3. The average molecular weight is 343 g/mol. The zero-order valence-corrected chi connectivity index (χ0v) is 14.9. The average Bonchev–Trinajstić information content (AvgIpc) is 2.55. The van der Waals surface area contributed by atoms with Crippen LogP contribution in [-0.4, -0.2) is 86.7 Å². The van der Waals surface area contributed by atoms with Crippen LogP contribution in [0, 0.1) is 0 Å². The molecule has 0 saturated carbocycles. The summed E-state index contributed by atoms with van der Waals surface area (Å²) in [6.07, 6.45) is -8.09. The van der Waals surface area contributed by atoms with Crippen molar-refractivity contribution in [3.63, 3.8) is 0 Å². The molecule has 5 atom stereocenters. The van der Waals surface area contributed by atoms with Gasteiger partial charge in [0.25, 0.3) is 0 Å². The minimum atomic E-state index is -1.74. The molecule has 0 aliphatic carbocycles. The van der Waals surface area contributed by atoms with Crippen molar-refractivity contribution in [1.29, 1.82) is 0 Å². The van der Waals surface area contributed by atoms with E-state index < -0.39 is 36.7 Å². The molecule has 0 aromatic heterocycles. The van der Waals surface area contributed by atoms with E-state index in [1.807, 2.05) is 24.3 Å². The predicted molar refractivity (Wildman–Crippen MR) is 84.6 cm³/mol. The number of hydrogen-bond acceptors (Lipinski definition) is 6. The van der Waals surface area contributed by atoms with Crippen LogP contribution in [0.5, 0.6) is 5.75 Å². The molecule has 1 aliphatic heterocycles. The van der Waals surface area contributed by atoms with E-state index in [2.05, 4.69) is 0 Å². The van der Waals surface area contributed by atoms with Crippen LogP contribution >= 0.6 is 0 Å². The summed E-state index contributed by atoms with van der Waals surface area (Å²) in [5.41, 5.74) is 0. The number of carbonyl (C=O) groups is 1. The minimum absolute atomic E-state index is 0. The molecule has 2 aromatic carbocycles. The standard InChI is InChI=1S/C16H16O7.Na/c17-11-12(18)14(15(20)21)23-16(13(11)19)22-10-6-5-8-3-1-2-4-9(8)7-10;/h1-7,11-14,16-19H,(H,20,21);/t11-,12-,13+,14-,16+;/m0./s1. The van der Waals surface area contributed by atoms with Crippen molar-refractivity contribution in [2.24, 2.45) is 0 Å². The topological polar surface area (TPSA) is 116 Å². The molecule has 2 aromatic rings. The van der Waals surface area contributed by atoms with Crippen LogP contribution in [0.15, 0.2) is 42.5 Å². The summed E-state index contributed by atoms with van der Waals surface area (Å²) in [6, 6.07) is 12.7. The van der Waals surface area contributed by atoms with Gasteiger partial charge >= 0.3 is 5.97 Å². The Bertz CT molecular complexity index is 722. The first-order chi connectivity index (χ1) is 11.0. The predicted octanol–water partition coefficient (Wildman–Crippen LogP) is -0.270. The smallest absolute Gasteiger partial charge is 0.335 e. The van der Waals surface area contributed by atoms with Crippen molar-refractivity contribution in [3.05, 3.63) is 42.5 Å². The fourth-order valence-corrected chi connectivity index (χ4v) is 2.52. The van der Waals surface area contributed by atoms with Crippen molar-refractivity contribution < 1.29 is 34.7 Å². The number of benzene rings is 2. The third kappa shape index (κ3) is 3.73. The van der Waals surface area contributed by atoms with Gasteiger partial charge in [0.1, 0.15) is 24.1 Å². The van der Waals surface area contributed by atoms with E-state index in [0.717, 1.165) is 10.8 Å². The van der Waals surface area contributed by atoms with E-state index >= 15 is 0 Å². The zero-order chi connectivity index (χ0) is 16.6. The van der Waals surface area contributed by atoms with Gasteiger partial charge in [-0.2, -0.15) is 0 Å². The second-order valence-corrected chi connectivity index (χ2v) is 5.36. The molecule has 123 valence electrons. The van der Waals surface area contributed by atoms with Gasteiger partial charge in [-0.3, -0.25) is 0 Å². The Labute approximate surface area is 159 Å². The summed E-state index contributed by atoms with van der Waals surface area (Å²) in [5, 5.41) is 40.2. The number of carboxylic acid groups (broad SMARTS) is 1. The second-order valence-electron chi connectivity index (χ2n) is 5.36. The van der Waals surface area contributed by atoms with Crippen molar-refractivity contribution in [1.82, 2.24) is 0 Å². The fraction of sp³-hybridized carbons (Fsp3) is 0.312. The van der Waals surface area contributed by atoms with E-state index in [1.165, 1.54) is 0 Å². The molecule has 0 spiro atoms. The minimum Gasteiger partial charge on any atom is -0.479 e. The summed E-state index contributed by atoms with van der Waals surface area (Å²) in [5.74, 6) is -1.10. The summed E-state index contributed by atoms with van der Waals surface area (Å²) in [7, 11) is 0. The Hall–Kier alpha value is -1.19. The molecular formula is C16H16NaO7. The molecule has 1 saturated heterocycles. The maximum Gasteiger partial charge on any atom is 0.335 e. The van der Waals surface area contributed by atoms with Crippen molar-refractivity contribution in [3.8, 4) is 5.75 Å². The number of aliphatic carboxylic acids is 1. The van der Waals surface area contributed by atoms with Crippen LogP contribution in [0.3, 0.4) is 0 Å². The van der Waals surface area contributed by atoms with Gasteiger partial charge in [0.15, 0.2) is 6.10 Å². The van der Waals surface area contributed by atoms with Gasteiger partial charge in [0.2, 0.25) is 6.29 Å². The monoisotopic (exact) mass is 343 g/mol. The number of aliphatic hydroxyl groups is 3. The molecule has 1 radical (unpaired) electrons. The third-order valence-corrected chi connectivity index (χ3v) is 3.79. The molecule has 1 heterocycles. The van der Waals surface area contributed by atoms with Crippen LogP contribution in [-0.2, 0) is 9.53 Å². The van der Waals surface area contributed by atoms with Gasteiger partial charge in [0.05, 0.1) is 0 Å². The van der Waals surface area contributed by atoms with E-state index in [0.29, 0.717) is 5.75 Å². The van der Waals surface area contributed by atoms with Gasteiger partial charge in [-0.15, -0.1) is 0 Å². The molecule has 0 bridgehead atoms. The normalized spacial score (nSPS) is 29.7. The molecule has 8 heteroatoms. The molecule has 1 fully saturated rings. The van der Waals surface area contributed by atoms with Crippen molar-refractivity contribution in [2.45, 2.75) is 30.7 Å². The van der Waals surface area contributed by atoms with E-state index in [-0.39, 0.29) is 29.6 Å². The fourth-order valence-electron chi connectivity index (χ4n) is 2.52. The van der Waals surface area contributed by atoms with E-state index in [9.17, 15) is 20.1 Å². The van der Waals surface area contributed by atoms with Gasteiger partial charge in [-0.1, -0.05) is 30.3 Å². The van der Waals surface area contributed by atoms with Gasteiger partial charge in [-0.05, 0) is 22.9 Å². The zero-order valence-electron chi connectivity index (χ0n) is 12.9. The van der Waals surface area contributed by atoms with Crippen LogP contribution in [0.25, 0.3) is 10.8 Å². The quantitative estimate of drug-likeness (QED) is 0.567. The van der Waals surface area contributed by atoms with Crippen LogP contribution < -0.4 is 4.74 Å². The Morgan fingerprint density at radius 3 is 2.29 bits per heavy atom. The van der Waals surface area contributed by atoms with Gasteiger partial charge in [-0.25, -0.2) is 4.79 Å². The molecule has 4 N–H and O–H groups in total.